The van der Waals surface area contributed by atoms with Crippen LogP contribution in [0, 0.1) is 10.8 Å². The van der Waals surface area contributed by atoms with Crippen molar-refractivity contribution in [2.24, 2.45) is 0 Å². The summed E-state index contributed by atoms with van der Waals surface area (Å²) >= 11 is 0. The van der Waals surface area contributed by atoms with Gasteiger partial charge >= 0.3 is 0 Å². The normalized spacial score (nSPS) is 10.2. The molecule has 0 fully saturated rings. The highest BCUT2D eigenvalue weighted by molar-refractivity contribution is 5.39. The summed E-state index contributed by atoms with van der Waals surface area (Å²) in [6.45, 7) is 4.38. The van der Waals surface area contributed by atoms with Gasteiger partial charge in [-0.15, -0.1) is 0 Å². The molecule has 0 radical (unpaired) electrons. The van der Waals surface area contributed by atoms with Crippen molar-refractivity contribution in [2.45, 2.75) is 19.3 Å². The van der Waals surface area contributed by atoms with Crippen LogP contribution in [0.2, 0.25) is 0 Å². The quantitative estimate of drug-likeness (QED) is 0.813. The van der Waals surface area contributed by atoms with Gasteiger partial charge in [-0.2, -0.15) is 0 Å². The smallest absolute Gasteiger partial charge is 0.115 e. The Morgan fingerprint density at radius 1 is 0.778 bits per heavy atom. The van der Waals surface area contributed by atoms with E-state index in [2.05, 4.69) is 38.1 Å². The van der Waals surface area contributed by atoms with Crippen LogP contribution in [0.25, 0.3) is 0 Å². The summed E-state index contributed by atoms with van der Waals surface area (Å²) in [5, 5.41) is 21.3. The van der Waals surface area contributed by atoms with Gasteiger partial charge in [0, 0.05) is 16.2 Å². The van der Waals surface area contributed by atoms with Crippen LogP contribution < -0.4 is 0 Å². The van der Waals surface area contributed by atoms with Gasteiger partial charge in [0.2, 0.25) is 0 Å². The average Bonchev–Trinajstić information content (AvgIpc) is 2.42. The molecular formula is C15H16N2O. The Kier molecular flexibility index (Phi) is 4.45. The summed E-state index contributed by atoms with van der Waals surface area (Å²) in [6, 6.07) is 17.8. The minimum Gasteiger partial charge on any atom is -0.508 e. The minimum absolute atomic E-state index is 0.0328. The number of aromatic hydroxyl groups is 1. The summed E-state index contributed by atoms with van der Waals surface area (Å²) in [5.74, 6) is 0.313. The van der Waals surface area contributed by atoms with Gasteiger partial charge in [0.15, 0.2) is 0 Å². The molecule has 0 spiro atoms. The molecule has 0 saturated heterocycles. The zero-order valence-corrected chi connectivity index (χ0v) is 10.5. The SMILES string of the molecule is CC(C)(c1ccccc1)c1ccc(O)cc1.N#N. The molecule has 2 aromatic carbocycles. The molecule has 92 valence electrons. The van der Waals surface area contributed by atoms with Gasteiger partial charge in [0.05, 0.1) is 0 Å². The fourth-order valence-corrected chi connectivity index (χ4v) is 1.90. The van der Waals surface area contributed by atoms with Crippen LogP contribution in [0.5, 0.6) is 5.75 Å². The Hall–Kier alpha value is -2.34. The third-order valence-corrected chi connectivity index (χ3v) is 3.08. The minimum atomic E-state index is -0.0328. The van der Waals surface area contributed by atoms with E-state index in [1.807, 2.05) is 18.2 Å². The molecule has 3 nitrogen and oxygen atoms in total. The Morgan fingerprint density at radius 3 is 1.72 bits per heavy atom. The van der Waals surface area contributed by atoms with E-state index in [4.69, 9.17) is 10.8 Å². The highest BCUT2D eigenvalue weighted by atomic mass is 16.3. The molecule has 0 bridgehead atoms. The van der Waals surface area contributed by atoms with E-state index in [1.54, 1.807) is 12.1 Å². The molecule has 2 aromatic rings. The van der Waals surface area contributed by atoms with Crippen LogP contribution in [0.15, 0.2) is 54.6 Å². The molecule has 1 N–H and O–H groups in total. The zero-order valence-electron chi connectivity index (χ0n) is 10.5. The van der Waals surface area contributed by atoms with Crippen molar-refractivity contribution in [2.75, 3.05) is 0 Å². The molecule has 0 heterocycles. The Labute approximate surface area is 107 Å². The first kappa shape index (κ1) is 13.7. The number of hydrogen-bond acceptors (Lipinski definition) is 3. The second-order valence-electron chi connectivity index (χ2n) is 4.54. The Morgan fingerprint density at radius 2 is 1.22 bits per heavy atom. The summed E-state index contributed by atoms with van der Waals surface area (Å²) in [4.78, 5) is 0. The number of phenolic OH excluding ortho intramolecular Hbond substituents is 1. The summed E-state index contributed by atoms with van der Waals surface area (Å²) < 4.78 is 0. The first-order valence-corrected chi connectivity index (χ1v) is 5.66. The topological polar surface area (TPSA) is 67.8 Å². The number of phenols is 1. The second-order valence-corrected chi connectivity index (χ2v) is 4.54. The van der Waals surface area contributed by atoms with Gasteiger partial charge in [0.25, 0.3) is 0 Å². The largest absolute Gasteiger partial charge is 0.508 e. The predicted molar refractivity (Wildman–Crippen MR) is 70.1 cm³/mol. The Bertz CT molecular complexity index is 501. The van der Waals surface area contributed by atoms with E-state index in [9.17, 15) is 5.11 Å². The van der Waals surface area contributed by atoms with E-state index in [1.165, 1.54) is 11.1 Å². The molecule has 0 amide bonds. The molecule has 0 unspecified atom stereocenters. The van der Waals surface area contributed by atoms with E-state index in [-0.39, 0.29) is 5.41 Å². The van der Waals surface area contributed by atoms with Crippen LogP contribution in [0.3, 0.4) is 0 Å². The molecule has 0 aliphatic carbocycles. The van der Waals surface area contributed by atoms with Crippen molar-refractivity contribution in [3.05, 3.63) is 65.7 Å². The van der Waals surface area contributed by atoms with Gasteiger partial charge in [-0.1, -0.05) is 56.3 Å². The van der Waals surface area contributed by atoms with Crippen molar-refractivity contribution < 1.29 is 5.11 Å². The summed E-state index contributed by atoms with van der Waals surface area (Å²) in [6.07, 6.45) is 0. The van der Waals surface area contributed by atoms with Gasteiger partial charge in [-0.3, -0.25) is 0 Å². The number of benzene rings is 2. The van der Waals surface area contributed by atoms with Crippen LogP contribution in [0.4, 0.5) is 0 Å². The lowest BCUT2D eigenvalue weighted by molar-refractivity contribution is 0.474. The molecule has 0 aliphatic rings. The maximum absolute atomic E-state index is 9.29. The first-order chi connectivity index (χ1) is 8.60. The highest BCUT2D eigenvalue weighted by Gasteiger charge is 2.22. The predicted octanol–water partition coefficient (Wildman–Crippen LogP) is 3.75. The third-order valence-electron chi connectivity index (χ3n) is 3.08. The molecule has 0 aliphatic heterocycles. The van der Waals surface area contributed by atoms with Crippen molar-refractivity contribution in [1.82, 2.24) is 0 Å². The fraction of sp³-hybridized carbons (Fsp3) is 0.200. The molecule has 3 heteroatoms. The second kappa shape index (κ2) is 5.83. The molecule has 0 saturated carbocycles. The summed E-state index contributed by atoms with van der Waals surface area (Å²) in [5.41, 5.74) is 2.45. The summed E-state index contributed by atoms with van der Waals surface area (Å²) in [7, 11) is 0. The molecular weight excluding hydrogens is 224 g/mol. The van der Waals surface area contributed by atoms with Gasteiger partial charge in [0.1, 0.15) is 5.75 Å². The van der Waals surface area contributed by atoms with E-state index < -0.39 is 0 Å². The molecule has 0 aromatic heterocycles. The number of rotatable bonds is 2. The van der Waals surface area contributed by atoms with Crippen molar-refractivity contribution in [1.29, 1.82) is 10.8 Å². The van der Waals surface area contributed by atoms with E-state index in [0.717, 1.165) is 0 Å². The van der Waals surface area contributed by atoms with Crippen molar-refractivity contribution >= 4 is 0 Å². The van der Waals surface area contributed by atoms with Crippen molar-refractivity contribution in [3.8, 4) is 5.75 Å². The van der Waals surface area contributed by atoms with Crippen LogP contribution >= 0.6 is 0 Å². The van der Waals surface area contributed by atoms with Crippen LogP contribution in [0.1, 0.15) is 25.0 Å². The van der Waals surface area contributed by atoms with Gasteiger partial charge in [-0.05, 0) is 23.3 Å². The van der Waals surface area contributed by atoms with Gasteiger partial charge in [-0.25, -0.2) is 0 Å². The lowest BCUT2D eigenvalue weighted by Crippen LogP contribution is -2.18. The zero-order chi connectivity index (χ0) is 13.6. The monoisotopic (exact) mass is 240 g/mol. The van der Waals surface area contributed by atoms with Crippen LogP contribution in [-0.2, 0) is 5.41 Å². The van der Waals surface area contributed by atoms with Crippen LogP contribution in [-0.4, -0.2) is 5.11 Å². The number of nitrogens with zero attached hydrogens (tertiary/aromatic N) is 2. The molecule has 0 atom stereocenters. The van der Waals surface area contributed by atoms with E-state index in [0.29, 0.717) is 5.75 Å². The molecule has 2 rings (SSSR count). The fourth-order valence-electron chi connectivity index (χ4n) is 1.90. The van der Waals surface area contributed by atoms with Crippen molar-refractivity contribution in [3.63, 3.8) is 0 Å². The maximum Gasteiger partial charge on any atom is 0.115 e. The first-order valence-electron chi connectivity index (χ1n) is 5.66. The standard InChI is InChI=1S/C15H16O.N2/c1-15(2,12-6-4-3-5-7-12)13-8-10-14(16)11-9-13;1-2/h3-11,16H,1-2H3;. The average molecular weight is 240 g/mol. The lowest BCUT2D eigenvalue weighted by atomic mass is 9.78. The molecule has 18 heavy (non-hydrogen) atoms. The highest BCUT2D eigenvalue weighted by Crippen LogP contribution is 2.31. The van der Waals surface area contributed by atoms with Gasteiger partial charge < -0.3 is 5.11 Å². The maximum atomic E-state index is 9.29. The van der Waals surface area contributed by atoms with E-state index >= 15 is 0 Å². The number of hydrogen-bond donors (Lipinski definition) is 1. The third kappa shape index (κ3) is 2.86. The Balaban J connectivity index is 0.000000771. The lowest BCUT2D eigenvalue weighted by Gasteiger charge is -2.26.